The molecule has 1 aliphatic rings. The second kappa shape index (κ2) is 4.51. The second-order valence-electron chi connectivity index (χ2n) is 2.70. The van der Waals surface area contributed by atoms with Crippen molar-refractivity contribution in [2.45, 2.75) is 32.1 Å². The molecule has 1 nitrogen and oxygen atoms in total. The summed E-state index contributed by atoms with van der Waals surface area (Å²) in [7, 11) is 0. The van der Waals surface area contributed by atoms with Gasteiger partial charge in [0.2, 0.25) is 0 Å². The molecule has 1 fully saturated rings. The van der Waals surface area contributed by atoms with Crippen LogP contribution in [0.4, 0.5) is 0 Å². The molecule has 0 N–H and O–H groups in total. The minimum absolute atomic E-state index is 0.690. The molecule has 1 saturated carbocycles. The Balaban J connectivity index is 2.07. The van der Waals surface area contributed by atoms with E-state index in [2.05, 4.69) is 6.58 Å². The van der Waals surface area contributed by atoms with E-state index in [0.717, 1.165) is 0 Å². The third-order valence-corrected chi connectivity index (χ3v) is 1.82. The molecule has 57 valence electrons. The van der Waals surface area contributed by atoms with Crippen molar-refractivity contribution in [3.8, 4) is 0 Å². The highest BCUT2D eigenvalue weighted by atomic mass is 16.5. The molecule has 0 aromatic carbocycles. The molecule has 0 atom stereocenters. The summed E-state index contributed by atoms with van der Waals surface area (Å²) in [5.74, 6) is 0. The van der Waals surface area contributed by atoms with Gasteiger partial charge in [-0.2, -0.15) is 0 Å². The standard InChI is InChI=1S/C9H15O/c1-2-8-10-9-6-4-3-5-7-9/h2H,1,3-8H2. The molecule has 0 aliphatic heterocycles. The summed E-state index contributed by atoms with van der Waals surface area (Å²) in [5.41, 5.74) is 0. The number of hydrogen-bond donors (Lipinski definition) is 0. The van der Waals surface area contributed by atoms with Crippen molar-refractivity contribution in [2.24, 2.45) is 0 Å². The quantitative estimate of drug-likeness (QED) is 0.546. The van der Waals surface area contributed by atoms with Gasteiger partial charge in [0.25, 0.3) is 0 Å². The van der Waals surface area contributed by atoms with Gasteiger partial charge in [-0.3, -0.25) is 0 Å². The fourth-order valence-electron chi connectivity index (χ4n) is 1.27. The molecule has 0 aromatic rings. The van der Waals surface area contributed by atoms with Crippen LogP contribution in [-0.4, -0.2) is 6.61 Å². The highest BCUT2D eigenvalue weighted by molar-refractivity contribution is 4.83. The van der Waals surface area contributed by atoms with E-state index in [0.29, 0.717) is 6.61 Å². The summed E-state index contributed by atoms with van der Waals surface area (Å²) >= 11 is 0. The van der Waals surface area contributed by atoms with Crippen molar-refractivity contribution in [3.05, 3.63) is 18.8 Å². The lowest BCUT2D eigenvalue weighted by Crippen LogP contribution is -2.07. The zero-order valence-corrected chi connectivity index (χ0v) is 6.44. The van der Waals surface area contributed by atoms with Crippen LogP contribution in [0, 0.1) is 6.10 Å². The third-order valence-electron chi connectivity index (χ3n) is 1.82. The summed E-state index contributed by atoms with van der Waals surface area (Å²) in [6, 6.07) is 0. The van der Waals surface area contributed by atoms with Crippen molar-refractivity contribution in [3.63, 3.8) is 0 Å². The largest absolute Gasteiger partial charge is 0.368 e. The van der Waals surface area contributed by atoms with E-state index in [1.807, 2.05) is 6.08 Å². The Bertz CT molecular complexity index is 92.9. The summed E-state index contributed by atoms with van der Waals surface area (Å²) < 4.78 is 5.43. The Morgan fingerprint density at radius 1 is 1.30 bits per heavy atom. The molecular formula is C9H15O. The Hall–Kier alpha value is -0.300. The topological polar surface area (TPSA) is 9.23 Å². The molecule has 0 amide bonds. The first-order chi connectivity index (χ1) is 4.93. The summed E-state index contributed by atoms with van der Waals surface area (Å²) in [4.78, 5) is 0. The molecule has 1 aliphatic carbocycles. The highest BCUT2D eigenvalue weighted by Crippen LogP contribution is 2.25. The van der Waals surface area contributed by atoms with E-state index >= 15 is 0 Å². The van der Waals surface area contributed by atoms with E-state index < -0.39 is 0 Å². The van der Waals surface area contributed by atoms with Gasteiger partial charge in [-0.15, -0.1) is 6.58 Å². The van der Waals surface area contributed by atoms with E-state index in [1.165, 1.54) is 38.2 Å². The number of hydrogen-bond acceptors (Lipinski definition) is 1. The predicted molar refractivity (Wildman–Crippen MR) is 42.5 cm³/mol. The Morgan fingerprint density at radius 2 is 2.00 bits per heavy atom. The van der Waals surface area contributed by atoms with Crippen LogP contribution in [0.5, 0.6) is 0 Å². The van der Waals surface area contributed by atoms with E-state index in [9.17, 15) is 0 Å². The first-order valence-electron chi connectivity index (χ1n) is 4.02. The maximum absolute atomic E-state index is 5.43. The van der Waals surface area contributed by atoms with Crippen LogP contribution in [0.1, 0.15) is 32.1 Å². The van der Waals surface area contributed by atoms with Gasteiger partial charge in [-0.05, 0) is 12.8 Å². The van der Waals surface area contributed by atoms with Gasteiger partial charge in [0.15, 0.2) is 0 Å². The van der Waals surface area contributed by atoms with Crippen LogP contribution in [-0.2, 0) is 4.74 Å². The molecule has 1 heteroatoms. The van der Waals surface area contributed by atoms with E-state index in [-0.39, 0.29) is 0 Å². The minimum Gasteiger partial charge on any atom is -0.368 e. The van der Waals surface area contributed by atoms with Gasteiger partial charge in [0.05, 0.1) is 12.7 Å². The lowest BCUT2D eigenvalue weighted by Gasteiger charge is -2.19. The lowest BCUT2D eigenvalue weighted by molar-refractivity contribution is 0.137. The normalized spacial score (nSPS) is 20.8. The van der Waals surface area contributed by atoms with Crippen molar-refractivity contribution in [1.82, 2.24) is 0 Å². The van der Waals surface area contributed by atoms with Crippen molar-refractivity contribution >= 4 is 0 Å². The van der Waals surface area contributed by atoms with Gasteiger partial charge in [0, 0.05) is 0 Å². The van der Waals surface area contributed by atoms with E-state index in [4.69, 9.17) is 4.74 Å². The van der Waals surface area contributed by atoms with Gasteiger partial charge < -0.3 is 4.74 Å². The molecule has 0 aromatic heterocycles. The van der Waals surface area contributed by atoms with Gasteiger partial charge in [-0.1, -0.05) is 25.3 Å². The third kappa shape index (κ3) is 2.53. The summed E-state index contributed by atoms with van der Waals surface area (Å²) in [5, 5.41) is 0. The first kappa shape index (κ1) is 7.80. The Labute approximate surface area is 63.1 Å². The van der Waals surface area contributed by atoms with Gasteiger partial charge in [0.1, 0.15) is 0 Å². The van der Waals surface area contributed by atoms with Crippen LogP contribution in [0.25, 0.3) is 0 Å². The maximum Gasteiger partial charge on any atom is 0.0975 e. The molecule has 0 bridgehead atoms. The molecule has 0 saturated heterocycles. The predicted octanol–water partition coefficient (Wildman–Crippen LogP) is 2.69. The molecule has 1 radical (unpaired) electrons. The van der Waals surface area contributed by atoms with Crippen LogP contribution in [0.3, 0.4) is 0 Å². The molecule has 0 spiro atoms. The van der Waals surface area contributed by atoms with Gasteiger partial charge in [-0.25, -0.2) is 0 Å². The smallest absolute Gasteiger partial charge is 0.0975 e. The first-order valence-corrected chi connectivity index (χ1v) is 4.02. The Morgan fingerprint density at radius 3 is 2.60 bits per heavy atom. The van der Waals surface area contributed by atoms with Crippen LogP contribution in [0.15, 0.2) is 12.7 Å². The van der Waals surface area contributed by atoms with Crippen LogP contribution in [0.2, 0.25) is 0 Å². The highest BCUT2D eigenvalue weighted by Gasteiger charge is 2.13. The molecule has 0 unspecified atom stereocenters. The van der Waals surface area contributed by atoms with Crippen LogP contribution < -0.4 is 0 Å². The zero-order chi connectivity index (χ0) is 7.23. The monoisotopic (exact) mass is 139 g/mol. The number of rotatable bonds is 3. The van der Waals surface area contributed by atoms with Crippen molar-refractivity contribution in [2.75, 3.05) is 6.61 Å². The molecular weight excluding hydrogens is 124 g/mol. The minimum atomic E-state index is 0.690. The van der Waals surface area contributed by atoms with E-state index in [1.54, 1.807) is 0 Å². The maximum atomic E-state index is 5.43. The lowest BCUT2D eigenvalue weighted by atomic mass is 9.98. The van der Waals surface area contributed by atoms with Crippen LogP contribution >= 0.6 is 0 Å². The fraction of sp³-hybridized carbons (Fsp3) is 0.667. The average molecular weight is 139 g/mol. The van der Waals surface area contributed by atoms with Gasteiger partial charge >= 0.3 is 0 Å². The average Bonchev–Trinajstić information content (AvgIpc) is 2.03. The molecule has 0 heterocycles. The van der Waals surface area contributed by atoms with Crippen molar-refractivity contribution < 1.29 is 4.74 Å². The second-order valence-corrected chi connectivity index (χ2v) is 2.70. The fourth-order valence-corrected chi connectivity index (χ4v) is 1.27. The van der Waals surface area contributed by atoms with Crippen molar-refractivity contribution in [1.29, 1.82) is 0 Å². The zero-order valence-electron chi connectivity index (χ0n) is 6.44. The molecule has 1 rings (SSSR count). The Kier molecular flexibility index (Phi) is 3.52. The summed E-state index contributed by atoms with van der Waals surface area (Å²) in [6.45, 7) is 4.30. The number of ether oxygens (including phenoxy) is 1. The molecule has 10 heavy (non-hydrogen) atoms. The summed E-state index contributed by atoms with van der Waals surface area (Å²) in [6.07, 6.45) is 9.44. The SMILES string of the molecule is C=CCO[C]1CCCCC1.